The number of rotatable bonds is 23. The standard InChI is InChI=1S/C29H51N5O6S/c1-3-5-6-7-8-9-10-11-12-13-14-15-16-17-25(36)30-22(21-41-18-4-2)28(39)31-24-19-34(33-32-24)29-27(38)26(37)23(20-35)40-29/h4,19,22-23,26-27,29,35,37-38H,2-3,5-18,20-21H2,1H3,(H,30,36)(H,31,39)/t22-,23?,26-,27+,29+/m1/s1. The largest absolute Gasteiger partial charge is 0.394 e. The molecule has 2 heterocycles. The van der Waals surface area contributed by atoms with Gasteiger partial charge in [0.2, 0.25) is 11.8 Å². The molecule has 1 unspecified atom stereocenters. The third-order valence-electron chi connectivity index (χ3n) is 7.22. The summed E-state index contributed by atoms with van der Waals surface area (Å²) in [6, 6.07) is -0.770. The Morgan fingerprint density at radius 3 is 2.22 bits per heavy atom. The van der Waals surface area contributed by atoms with Crippen LogP contribution in [0.5, 0.6) is 0 Å². The minimum Gasteiger partial charge on any atom is -0.394 e. The molecule has 2 amide bonds. The Labute approximate surface area is 249 Å². The third kappa shape index (κ3) is 13.4. The topological polar surface area (TPSA) is 159 Å². The van der Waals surface area contributed by atoms with Crippen LogP contribution in [0.3, 0.4) is 0 Å². The first-order chi connectivity index (χ1) is 19.9. The molecule has 5 N–H and O–H groups in total. The fourth-order valence-corrected chi connectivity index (χ4v) is 5.57. The maximum Gasteiger partial charge on any atom is 0.249 e. The van der Waals surface area contributed by atoms with Crippen LogP contribution in [0.25, 0.3) is 0 Å². The summed E-state index contributed by atoms with van der Waals surface area (Å²) in [5.74, 6) is 0.513. The molecule has 41 heavy (non-hydrogen) atoms. The molecule has 12 heteroatoms. The Kier molecular flexibility index (Phi) is 18.2. The molecule has 2 radical (unpaired) electrons. The maximum absolute atomic E-state index is 13.0. The van der Waals surface area contributed by atoms with Crippen LogP contribution in [0.4, 0.5) is 5.82 Å². The van der Waals surface area contributed by atoms with E-state index in [2.05, 4.69) is 34.8 Å². The number of carbonyl (C=O) groups is 2. The van der Waals surface area contributed by atoms with E-state index in [1.807, 2.05) is 0 Å². The van der Waals surface area contributed by atoms with Crippen LogP contribution in [-0.2, 0) is 14.3 Å². The van der Waals surface area contributed by atoms with Crippen LogP contribution >= 0.6 is 11.8 Å². The summed E-state index contributed by atoms with van der Waals surface area (Å²) in [6.07, 6.45) is 14.9. The van der Waals surface area contributed by atoms with Crippen LogP contribution in [-0.4, -0.2) is 84.6 Å². The van der Waals surface area contributed by atoms with E-state index in [1.165, 1.54) is 86.8 Å². The van der Waals surface area contributed by atoms with E-state index < -0.39 is 43.1 Å². The van der Waals surface area contributed by atoms with E-state index >= 15 is 0 Å². The summed E-state index contributed by atoms with van der Waals surface area (Å²) in [5, 5.41) is 42.7. The van der Waals surface area contributed by atoms with Crippen molar-refractivity contribution < 1.29 is 29.6 Å². The van der Waals surface area contributed by atoms with Gasteiger partial charge < -0.3 is 30.7 Å². The molecular weight excluding hydrogens is 546 g/mol. The van der Waals surface area contributed by atoms with Crippen molar-refractivity contribution in [3.8, 4) is 0 Å². The number of hydrogen-bond acceptors (Lipinski definition) is 9. The van der Waals surface area contributed by atoms with Gasteiger partial charge in [0.05, 0.1) is 12.8 Å². The van der Waals surface area contributed by atoms with E-state index in [0.29, 0.717) is 17.9 Å². The van der Waals surface area contributed by atoms with Crippen molar-refractivity contribution in [1.82, 2.24) is 20.3 Å². The lowest BCUT2D eigenvalue weighted by atomic mass is 10.0. The van der Waals surface area contributed by atoms with Gasteiger partial charge in [-0.25, -0.2) is 4.68 Å². The lowest BCUT2D eigenvalue weighted by Crippen LogP contribution is -2.45. The first kappa shape index (κ1) is 35.5. The average Bonchev–Trinajstić information content (AvgIpc) is 3.54. The minimum absolute atomic E-state index is 0.109. The van der Waals surface area contributed by atoms with Crippen LogP contribution in [0.1, 0.15) is 103 Å². The molecule has 11 nitrogen and oxygen atoms in total. The second kappa shape index (κ2) is 21.0. The van der Waals surface area contributed by atoms with Gasteiger partial charge >= 0.3 is 0 Å². The number of aromatic nitrogens is 3. The summed E-state index contributed by atoms with van der Waals surface area (Å²) < 4.78 is 6.61. The zero-order chi connectivity index (χ0) is 29.9. The van der Waals surface area contributed by atoms with Crippen molar-refractivity contribution in [3.05, 3.63) is 19.5 Å². The molecule has 0 aromatic carbocycles. The zero-order valence-electron chi connectivity index (χ0n) is 24.6. The van der Waals surface area contributed by atoms with Gasteiger partial charge in [-0.1, -0.05) is 89.2 Å². The smallest absolute Gasteiger partial charge is 0.249 e. The molecule has 5 atom stereocenters. The molecule has 0 aliphatic carbocycles. The number of carbonyl (C=O) groups excluding carboxylic acids is 2. The second-order valence-electron chi connectivity index (χ2n) is 10.7. The first-order valence-corrected chi connectivity index (χ1v) is 16.4. The number of aliphatic hydroxyl groups excluding tert-OH is 3. The normalized spacial score (nSPS) is 21.2. The number of anilines is 1. The molecule has 234 valence electrons. The predicted molar refractivity (Wildman–Crippen MR) is 161 cm³/mol. The Morgan fingerprint density at radius 1 is 1.05 bits per heavy atom. The van der Waals surface area contributed by atoms with Crippen LogP contribution in [0.15, 0.2) is 6.20 Å². The second-order valence-corrected chi connectivity index (χ2v) is 11.8. The number of thioether (sulfide) groups is 1. The SMILES string of the molecule is [CH2][CH]CSC[C@@H](NC(=O)CCCCCCCCCCCCCCC)C(=O)Nc1cn([C@H]2OC(CO)[C@@H](O)[C@@H]2O)nn1. The summed E-state index contributed by atoms with van der Waals surface area (Å²) in [6.45, 7) is 5.48. The summed E-state index contributed by atoms with van der Waals surface area (Å²) in [4.78, 5) is 25.6. The van der Waals surface area contributed by atoms with Crippen molar-refractivity contribution in [2.24, 2.45) is 0 Å². The molecule has 0 bridgehead atoms. The molecule has 1 aliphatic rings. The molecule has 1 aromatic heterocycles. The van der Waals surface area contributed by atoms with E-state index in [0.717, 1.165) is 19.3 Å². The fourth-order valence-electron chi connectivity index (χ4n) is 4.79. The lowest BCUT2D eigenvalue weighted by Gasteiger charge is -2.17. The molecule has 0 spiro atoms. The maximum atomic E-state index is 13.0. The fraction of sp³-hybridized carbons (Fsp3) is 0.793. The number of aliphatic hydroxyl groups is 3. The van der Waals surface area contributed by atoms with Crippen LogP contribution in [0, 0.1) is 13.3 Å². The molecule has 1 saturated heterocycles. The van der Waals surface area contributed by atoms with Crippen molar-refractivity contribution in [2.45, 2.75) is 127 Å². The highest BCUT2D eigenvalue weighted by Crippen LogP contribution is 2.29. The van der Waals surface area contributed by atoms with Gasteiger partial charge in [-0.2, -0.15) is 11.8 Å². The molecule has 2 rings (SSSR count). The lowest BCUT2D eigenvalue weighted by molar-refractivity contribution is -0.126. The third-order valence-corrected chi connectivity index (χ3v) is 8.26. The molecule has 1 aliphatic heterocycles. The van der Waals surface area contributed by atoms with Gasteiger partial charge in [0.25, 0.3) is 0 Å². The molecule has 1 fully saturated rings. The van der Waals surface area contributed by atoms with Gasteiger partial charge in [-0.3, -0.25) is 9.59 Å². The van der Waals surface area contributed by atoms with E-state index in [-0.39, 0.29) is 11.7 Å². The van der Waals surface area contributed by atoms with Gasteiger partial charge in [0.1, 0.15) is 24.4 Å². The number of ether oxygens (including phenoxy) is 1. The van der Waals surface area contributed by atoms with Crippen LogP contribution < -0.4 is 10.6 Å². The van der Waals surface area contributed by atoms with Crippen LogP contribution in [0.2, 0.25) is 0 Å². The highest BCUT2D eigenvalue weighted by atomic mass is 32.2. The Hall–Kier alpha value is -1.73. The summed E-state index contributed by atoms with van der Waals surface area (Å²) >= 11 is 1.48. The van der Waals surface area contributed by atoms with Crippen molar-refractivity contribution >= 4 is 29.4 Å². The number of hydrogen-bond donors (Lipinski definition) is 5. The van der Waals surface area contributed by atoms with Crippen molar-refractivity contribution in [2.75, 3.05) is 23.4 Å². The summed E-state index contributed by atoms with van der Waals surface area (Å²) in [5.41, 5.74) is 0. The molecule has 0 saturated carbocycles. The Morgan fingerprint density at radius 2 is 1.66 bits per heavy atom. The van der Waals surface area contributed by atoms with Gasteiger partial charge in [-0.15, -0.1) is 5.10 Å². The average molecular weight is 598 g/mol. The van der Waals surface area contributed by atoms with E-state index in [4.69, 9.17) is 4.74 Å². The highest BCUT2D eigenvalue weighted by molar-refractivity contribution is 7.99. The van der Waals surface area contributed by atoms with Crippen molar-refractivity contribution in [1.29, 1.82) is 0 Å². The monoisotopic (exact) mass is 597 g/mol. The van der Waals surface area contributed by atoms with Gasteiger partial charge in [-0.05, 0) is 25.5 Å². The van der Waals surface area contributed by atoms with Gasteiger partial charge in [0, 0.05) is 12.2 Å². The molecule has 1 aromatic rings. The zero-order valence-corrected chi connectivity index (χ0v) is 25.4. The number of amides is 2. The van der Waals surface area contributed by atoms with E-state index in [1.54, 1.807) is 6.42 Å². The van der Waals surface area contributed by atoms with Crippen molar-refractivity contribution in [3.63, 3.8) is 0 Å². The minimum atomic E-state index is -1.31. The number of unbranched alkanes of at least 4 members (excludes halogenated alkanes) is 12. The van der Waals surface area contributed by atoms with Gasteiger partial charge in [0.15, 0.2) is 12.0 Å². The molecular formula is C29H51N5O6S. The number of nitrogens with zero attached hydrogens (tertiary/aromatic N) is 3. The Bertz CT molecular complexity index is 859. The first-order valence-electron chi connectivity index (χ1n) is 15.2. The Balaban J connectivity index is 1.69. The van der Waals surface area contributed by atoms with E-state index in [9.17, 15) is 24.9 Å². The predicted octanol–water partition coefficient (Wildman–Crippen LogP) is 3.57. The number of nitrogens with one attached hydrogen (secondary N) is 2. The highest BCUT2D eigenvalue weighted by Gasteiger charge is 2.44. The quantitative estimate of drug-likeness (QED) is 0.119. The summed E-state index contributed by atoms with van der Waals surface area (Å²) in [7, 11) is 0.